The second-order valence-corrected chi connectivity index (χ2v) is 7.08. The fourth-order valence-corrected chi connectivity index (χ4v) is 2.92. The molecule has 2 aromatic rings. The lowest BCUT2D eigenvalue weighted by Crippen LogP contribution is -2.40. The number of halogens is 1. The van der Waals surface area contributed by atoms with Gasteiger partial charge in [-0.25, -0.2) is 9.18 Å². The summed E-state index contributed by atoms with van der Waals surface area (Å²) in [6.45, 7) is 3.79. The number of hydrogen-bond donors (Lipinski definition) is 1. The Bertz CT molecular complexity index is 818. The first-order valence-electron chi connectivity index (χ1n) is 8.96. The van der Waals surface area contributed by atoms with Gasteiger partial charge in [0.25, 0.3) is 0 Å². The van der Waals surface area contributed by atoms with Crippen LogP contribution in [0, 0.1) is 11.7 Å². The summed E-state index contributed by atoms with van der Waals surface area (Å²) in [5, 5.41) is 2.81. The van der Waals surface area contributed by atoms with Crippen LogP contribution in [0.15, 0.2) is 48.5 Å². The molecule has 0 aliphatic heterocycles. The van der Waals surface area contributed by atoms with Gasteiger partial charge in [-0.15, -0.1) is 0 Å². The average Bonchev–Trinajstić information content (AvgIpc) is 3.42. The van der Waals surface area contributed by atoms with Crippen LogP contribution in [0.2, 0.25) is 0 Å². The number of carbonyl (C=O) groups excluding carboxylic acids is 2. The Morgan fingerprint density at radius 1 is 1.11 bits per heavy atom. The maximum absolute atomic E-state index is 13.0. The second kappa shape index (κ2) is 7.78. The summed E-state index contributed by atoms with van der Waals surface area (Å²) in [7, 11) is 1.68. The number of benzene rings is 2. The zero-order valence-corrected chi connectivity index (χ0v) is 15.6. The van der Waals surface area contributed by atoms with E-state index in [0.717, 1.165) is 5.56 Å². The van der Waals surface area contributed by atoms with Gasteiger partial charge in [0, 0.05) is 18.8 Å². The lowest BCUT2D eigenvalue weighted by atomic mass is 10.1. The van der Waals surface area contributed by atoms with Gasteiger partial charge in [0.05, 0.1) is 5.92 Å². The van der Waals surface area contributed by atoms with E-state index in [2.05, 4.69) is 5.32 Å². The molecule has 0 bridgehead atoms. The van der Waals surface area contributed by atoms with E-state index in [1.54, 1.807) is 43.4 Å². The fraction of sp³-hybridized carbons (Fsp3) is 0.333. The molecule has 3 rings (SSSR count). The molecular formula is C21H23FN2O3. The molecule has 2 atom stereocenters. The highest BCUT2D eigenvalue weighted by atomic mass is 19.1. The topological polar surface area (TPSA) is 58.6 Å². The van der Waals surface area contributed by atoms with E-state index in [1.165, 1.54) is 17.0 Å². The van der Waals surface area contributed by atoms with Crippen molar-refractivity contribution in [1.82, 2.24) is 5.32 Å². The number of hydrogen-bond acceptors (Lipinski definition) is 3. The first-order valence-corrected chi connectivity index (χ1v) is 8.96. The van der Waals surface area contributed by atoms with Crippen LogP contribution in [0.4, 0.5) is 14.9 Å². The molecule has 1 saturated carbocycles. The largest absolute Gasteiger partial charge is 0.426 e. The number of amides is 2. The molecule has 0 aromatic heterocycles. The van der Waals surface area contributed by atoms with Crippen molar-refractivity contribution in [3.05, 3.63) is 59.9 Å². The Kier molecular flexibility index (Phi) is 5.44. The molecule has 1 N–H and O–H groups in total. The Morgan fingerprint density at radius 3 is 2.33 bits per heavy atom. The summed E-state index contributed by atoms with van der Waals surface area (Å²) >= 11 is 0. The number of ether oxygens (including phenoxy) is 1. The molecule has 1 aliphatic rings. The van der Waals surface area contributed by atoms with Gasteiger partial charge in [-0.1, -0.05) is 12.1 Å². The number of urea groups is 1. The molecule has 6 heteroatoms. The van der Waals surface area contributed by atoms with Crippen LogP contribution in [0.5, 0.6) is 5.75 Å². The van der Waals surface area contributed by atoms with E-state index in [-0.39, 0.29) is 35.7 Å². The molecule has 2 aromatic carbocycles. The third-order valence-corrected chi connectivity index (χ3v) is 4.55. The molecule has 0 radical (unpaired) electrons. The summed E-state index contributed by atoms with van der Waals surface area (Å²) in [5.74, 6) is -0.252. The SMILES string of the molecule is CC(C)NC(=O)N(C)c1ccc(OC(=O)C2CC2c2ccc(F)cc2)cc1. The van der Waals surface area contributed by atoms with Crippen molar-refractivity contribution in [3.8, 4) is 5.75 Å². The number of esters is 1. The van der Waals surface area contributed by atoms with E-state index in [9.17, 15) is 14.0 Å². The van der Waals surface area contributed by atoms with Crippen molar-refractivity contribution >= 4 is 17.7 Å². The third kappa shape index (κ3) is 4.64. The van der Waals surface area contributed by atoms with Gasteiger partial charge in [-0.05, 0) is 68.1 Å². The highest BCUT2D eigenvalue weighted by molar-refractivity contribution is 5.91. The van der Waals surface area contributed by atoms with E-state index in [1.807, 2.05) is 13.8 Å². The fourth-order valence-electron chi connectivity index (χ4n) is 2.92. The van der Waals surface area contributed by atoms with Crippen molar-refractivity contribution in [1.29, 1.82) is 0 Å². The second-order valence-electron chi connectivity index (χ2n) is 7.08. The molecule has 0 heterocycles. The molecule has 2 amide bonds. The molecule has 2 unspecified atom stereocenters. The van der Waals surface area contributed by atoms with Gasteiger partial charge in [0.15, 0.2) is 0 Å². The molecule has 1 aliphatic carbocycles. The van der Waals surface area contributed by atoms with E-state index in [0.29, 0.717) is 17.9 Å². The predicted octanol–water partition coefficient (Wildman–Crippen LogP) is 4.09. The predicted molar refractivity (Wildman–Crippen MR) is 101 cm³/mol. The molecule has 0 spiro atoms. The minimum atomic E-state index is -0.289. The lowest BCUT2D eigenvalue weighted by Gasteiger charge is -2.20. The van der Waals surface area contributed by atoms with Crippen LogP contribution >= 0.6 is 0 Å². The summed E-state index contributed by atoms with van der Waals surface area (Å²) < 4.78 is 18.4. The van der Waals surface area contributed by atoms with Crippen molar-refractivity contribution < 1.29 is 18.7 Å². The number of nitrogens with zero attached hydrogens (tertiary/aromatic N) is 1. The number of nitrogens with one attached hydrogen (secondary N) is 1. The number of anilines is 1. The van der Waals surface area contributed by atoms with Crippen molar-refractivity contribution in [2.75, 3.05) is 11.9 Å². The zero-order chi connectivity index (χ0) is 19.6. The van der Waals surface area contributed by atoms with Gasteiger partial charge in [0.2, 0.25) is 0 Å². The van der Waals surface area contributed by atoms with Crippen LogP contribution in [0.3, 0.4) is 0 Å². The maximum Gasteiger partial charge on any atom is 0.321 e. The monoisotopic (exact) mass is 370 g/mol. The molecule has 5 nitrogen and oxygen atoms in total. The van der Waals surface area contributed by atoms with Gasteiger partial charge in [-0.3, -0.25) is 9.69 Å². The summed E-state index contributed by atoms with van der Waals surface area (Å²) in [6.07, 6.45) is 0.709. The zero-order valence-electron chi connectivity index (χ0n) is 15.6. The Morgan fingerprint density at radius 2 is 1.74 bits per heavy atom. The smallest absolute Gasteiger partial charge is 0.321 e. The minimum Gasteiger partial charge on any atom is -0.426 e. The van der Waals surface area contributed by atoms with Crippen LogP contribution < -0.4 is 15.0 Å². The van der Waals surface area contributed by atoms with Gasteiger partial charge < -0.3 is 10.1 Å². The lowest BCUT2D eigenvalue weighted by molar-refractivity contribution is -0.135. The van der Waals surface area contributed by atoms with Gasteiger partial charge in [0.1, 0.15) is 11.6 Å². The Labute approximate surface area is 158 Å². The van der Waals surface area contributed by atoms with Crippen molar-refractivity contribution in [2.24, 2.45) is 5.92 Å². The Hall–Kier alpha value is -2.89. The molecular weight excluding hydrogens is 347 g/mol. The van der Waals surface area contributed by atoms with Crippen LogP contribution in [0.1, 0.15) is 31.7 Å². The van der Waals surface area contributed by atoms with Crippen LogP contribution in [-0.2, 0) is 4.79 Å². The molecule has 142 valence electrons. The highest BCUT2D eigenvalue weighted by Gasteiger charge is 2.45. The standard InChI is InChI=1S/C21H23FN2O3/c1-13(2)23-21(26)24(3)16-8-10-17(11-9-16)27-20(25)19-12-18(19)14-4-6-15(22)7-5-14/h4-11,13,18-19H,12H2,1-3H3,(H,23,26). The van der Waals surface area contributed by atoms with Gasteiger partial charge >= 0.3 is 12.0 Å². The highest BCUT2D eigenvalue weighted by Crippen LogP contribution is 2.48. The van der Waals surface area contributed by atoms with Crippen LogP contribution in [0.25, 0.3) is 0 Å². The molecule has 27 heavy (non-hydrogen) atoms. The van der Waals surface area contributed by atoms with E-state index in [4.69, 9.17) is 4.74 Å². The summed E-state index contributed by atoms with van der Waals surface area (Å²) in [4.78, 5) is 25.8. The average molecular weight is 370 g/mol. The number of rotatable bonds is 5. The third-order valence-electron chi connectivity index (χ3n) is 4.55. The quantitative estimate of drug-likeness (QED) is 0.637. The Balaban J connectivity index is 1.56. The first-order chi connectivity index (χ1) is 12.8. The van der Waals surface area contributed by atoms with E-state index < -0.39 is 0 Å². The van der Waals surface area contributed by atoms with Crippen molar-refractivity contribution in [2.45, 2.75) is 32.2 Å². The first kappa shape index (κ1) is 18.9. The molecule has 1 fully saturated rings. The summed E-state index contributed by atoms with van der Waals surface area (Å²) in [5.41, 5.74) is 1.65. The number of carbonyl (C=O) groups is 2. The van der Waals surface area contributed by atoms with Crippen molar-refractivity contribution in [3.63, 3.8) is 0 Å². The summed E-state index contributed by atoms with van der Waals surface area (Å²) in [6, 6.07) is 12.9. The van der Waals surface area contributed by atoms with Gasteiger partial charge in [-0.2, -0.15) is 0 Å². The normalized spacial score (nSPS) is 18.1. The maximum atomic E-state index is 13.0. The molecule has 0 saturated heterocycles. The van der Waals surface area contributed by atoms with E-state index >= 15 is 0 Å². The van der Waals surface area contributed by atoms with Crippen LogP contribution in [-0.4, -0.2) is 25.1 Å². The minimum absolute atomic E-state index is 0.0489.